The first kappa shape index (κ1) is 18.4. The second kappa shape index (κ2) is 7.44. The molecule has 26 heavy (non-hydrogen) atoms. The van der Waals surface area contributed by atoms with Crippen molar-refractivity contribution in [1.29, 1.82) is 5.26 Å². The number of aromatic nitrogens is 2. The van der Waals surface area contributed by atoms with Gasteiger partial charge in [-0.3, -0.25) is 9.79 Å². The summed E-state index contributed by atoms with van der Waals surface area (Å²) < 4.78 is 5.54. The van der Waals surface area contributed by atoms with Crippen LogP contribution in [0.25, 0.3) is 0 Å². The highest BCUT2D eigenvalue weighted by Gasteiger charge is 2.47. The molecule has 1 aliphatic heterocycles. The lowest BCUT2D eigenvalue weighted by molar-refractivity contribution is -0.124. The van der Waals surface area contributed by atoms with Gasteiger partial charge in [-0.2, -0.15) is 15.5 Å². The molecule has 7 heteroatoms. The Morgan fingerprint density at radius 3 is 2.85 bits per heavy atom. The van der Waals surface area contributed by atoms with Gasteiger partial charge in [0.2, 0.25) is 0 Å². The van der Waals surface area contributed by atoms with Crippen LogP contribution in [0, 0.1) is 22.7 Å². The van der Waals surface area contributed by atoms with Crippen LogP contribution >= 0.6 is 0 Å². The highest BCUT2D eigenvalue weighted by molar-refractivity contribution is 6.10. The van der Waals surface area contributed by atoms with E-state index in [1.165, 1.54) is 0 Å². The van der Waals surface area contributed by atoms with E-state index < -0.39 is 11.8 Å². The van der Waals surface area contributed by atoms with Crippen molar-refractivity contribution in [2.24, 2.45) is 22.1 Å². The summed E-state index contributed by atoms with van der Waals surface area (Å²) in [6.07, 6.45) is 2.75. The number of ether oxygens (including phenoxy) is 1. The first-order valence-corrected chi connectivity index (χ1v) is 8.75. The number of hydrogen-bond acceptors (Lipinski definition) is 7. The molecule has 1 aromatic rings. The number of nitrogens with zero attached hydrogens (tertiary/aromatic N) is 4. The number of allylic oxidation sites excluding steroid dienone is 1. The van der Waals surface area contributed by atoms with Gasteiger partial charge in [0, 0.05) is 24.9 Å². The van der Waals surface area contributed by atoms with Crippen molar-refractivity contribution in [3.05, 3.63) is 35.3 Å². The average molecular weight is 353 g/mol. The second-order valence-electron chi connectivity index (χ2n) is 7.50. The van der Waals surface area contributed by atoms with Crippen molar-refractivity contribution in [3.8, 4) is 6.07 Å². The number of nitrogens with two attached hydrogens (primary N) is 1. The zero-order valence-corrected chi connectivity index (χ0v) is 15.1. The van der Waals surface area contributed by atoms with Crippen LogP contribution < -0.4 is 5.73 Å². The van der Waals surface area contributed by atoms with Crippen molar-refractivity contribution in [1.82, 2.24) is 10.2 Å². The Balaban J connectivity index is 2.09. The van der Waals surface area contributed by atoms with Crippen LogP contribution in [0.3, 0.4) is 0 Å². The number of Topliss-reactive ketones (excluding diaryl/α,β-unsaturated/α-hetero) is 1. The summed E-state index contributed by atoms with van der Waals surface area (Å²) in [5, 5.41) is 17.9. The van der Waals surface area contributed by atoms with Gasteiger partial charge in [0.25, 0.3) is 0 Å². The predicted octanol–water partition coefficient (Wildman–Crippen LogP) is 1.77. The van der Waals surface area contributed by atoms with Crippen LogP contribution in [-0.4, -0.2) is 41.5 Å². The molecule has 0 saturated heterocycles. The molecule has 3 rings (SSSR count). The lowest BCUT2D eigenvalue weighted by Crippen LogP contribution is -2.43. The third-order valence-corrected chi connectivity index (χ3v) is 4.79. The molecular formula is C19H23N5O2. The van der Waals surface area contributed by atoms with E-state index in [9.17, 15) is 10.1 Å². The van der Waals surface area contributed by atoms with Gasteiger partial charge in [-0.1, -0.05) is 13.8 Å². The van der Waals surface area contributed by atoms with E-state index >= 15 is 0 Å². The van der Waals surface area contributed by atoms with Gasteiger partial charge in [-0.25, -0.2) is 0 Å². The van der Waals surface area contributed by atoms with E-state index in [4.69, 9.17) is 10.5 Å². The lowest BCUT2D eigenvalue weighted by atomic mass is 9.64. The number of carbonyl (C=O) groups is 1. The molecule has 2 unspecified atom stereocenters. The Kier molecular flexibility index (Phi) is 5.25. The lowest BCUT2D eigenvalue weighted by Gasteiger charge is -2.40. The zero-order valence-electron chi connectivity index (χ0n) is 15.1. The zero-order chi connectivity index (χ0) is 18.7. The van der Waals surface area contributed by atoms with Gasteiger partial charge in [0.1, 0.15) is 5.78 Å². The fourth-order valence-electron chi connectivity index (χ4n) is 3.79. The van der Waals surface area contributed by atoms with Crippen LogP contribution in [0.2, 0.25) is 0 Å². The molecule has 7 nitrogen and oxygen atoms in total. The largest absolute Gasteiger partial charge is 0.374 e. The molecule has 0 aromatic carbocycles. The SMILES string of the molecule is CC1(C)CC(=O)C2C(=NC(COCCN)=C(C#N)C2c2cccnn2)C1. The van der Waals surface area contributed by atoms with E-state index in [1.807, 2.05) is 6.07 Å². The summed E-state index contributed by atoms with van der Waals surface area (Å²) in [7, 11) is 0. The van der Waals surface area contributed by atoms with Gasteiger partial charge in [0.05, 0.1) is 48.1 Å². The molecule has 0 bridgehead atoms. The Morgan fingerprint density at radius 2 is 2.19 bits per heavy atom. The highest BCUT2D eigenvalue weighted by atomic mass is 16.5. The molecule has 136 valence electrons. The summed E-state index contributed by atoms with van der Waals surface area (Å²) >= 11 is 0. The third-order valence-electron chi connectivity index (χ3n) is 4.79. The highest BCUT2D eigenvalue weighted by Crippen LogP contribution is 2.45. The molecule has 1 aliphatic carbocycles. The van der Waals surface area contributed by atoms with Crippen molar-refractivity contribution in [2.75, 3.05) is 19.8 Å². The van der Waals surface area contributed by atoms with Crippen molar-refractivity contribution >= 4 is 11.5 Å². The van der Waals surface area contributed by atoms with E-state index in [1.54, 1.807) is 12.3 Å². The fraction of sp³-hybridized carbons (Fsp3) is 0.526. The predicted molar refractivity (Wildman–Crippen MR) is 96.2 cm³/mol. The summed E-state index contributed by atoms with van der Waals surface area (Å²) in [5.74, 6) is -0.806. The van der Waals surface area contributed by atoms with Gasteiger partial charge >= 0.3 is 0 Å². The van der Waals surface area contributed by atoms with Gasteiger partial charge < -0.3 is 10.5 Å². The number of aliphatic imine (C=N–C) groups is 1. The Bertz CT molecular complexity index is 792. The van der Waals surface area contributed by atoms with Crippen LogP contribution in [-0.2, 0) is 9.53 Å². The number of carbonyl (C=O) groups excluding carboxylic acids is 1. The molecule has 2 N–H and O–H groups in total. The summed E-state index contributed by atoms with van der Waals surface area (Å²) in [6, 6.07) is 5.82. The topological polar surface area (TPSA) is 114 Å². The van der Waals surface area contributed by atoms with E-state index in [2.05, 4.69) is 35.1 Å². The monoisotopic (exact) mass is 353 g/mol. The number of rotatable bonds is 5. The minimum Gasteiger partial charge on any atom is -0.374 e. The molecular weight excluding hydrogens is 330 g/mol. The quantitative estimate of drug-likeness (QED) is 0.807. The first-order chi connectivity index (χ1) is 12.5. The number of hydrogen-bond donors (Lipinski definition) is 1. The van der Waals surface area contributed by atoms with Gasteiger partial charge in [-0.05, 0) is 24.0 Å². The normalized spacial score (nSPS) is 24.7. The van der Waals surface area contributed by atoms with Crippen LogP contribution in [0.15, 0.2) is 34.6 Å². The van der Waals surface area contributed by atoms with Crippen LogP contribution in [0.5, 0.6) is 0 Å². The minimum absolute atomic E-state index is 0.102. The second-order valence-corrected chi connectivity index (χ2v) is 7.50. The van der Waals surface area contributed by atoms with E-state index in [0.29, 0.717) is 43.0 Å². The van der Waals surface area contributed by atoms with Crippen molar-refractivity contribution < 1.29 is 9.53 Å². The molecule has 2 heterocycles. The van der Waals surface area contributed by atoms with E-state index in [0.717, 1.165) is 5.71 Å². The molecule has 0 amide bonds. The summed E-state index contributed by atoms with van der Waals surface area (Å²) in [6.45, 7) is 5.11. The van der Waals surface area contributed by atoms with Gasteiger partial charge in [0.15, 0.2) is 0 Å². The molecule has 1 saturated carbocycles. The molecule has 0 spiro atoms. The van der Waals surface area contributed by atoms with Crippen molar-refractivity contribution in [3.63, 3.8) is 0 Å². The molecule has 1 aromatic heterocycles. The summed E-state index contributed by atoms with van der Waals surface area (Å²) in [5.41, 5.74) is 7.77. The molecule has 2 aliphatic rings. The van der Waals surface area contributed by atoms with Crippen LogP contribution in [0.1, 0.15) is 38.3 Å². The Labute approximate surface area is 153 Å². The maximum absolute atomic E-state index is 12.9. The summed E-state index contributed by atoms with van der Waals surface area (Å²) in [4.78, 5) is 17.6. The molecule has 0 radical (unpaired) electrons. The molecule has 1 fully saturated rings. The Morgan fingerprint density at radius 1 is 1.38 bits per heavy atom. The number of fused-ring (bicyclic) bond motifs is 1. The number of nitriles is 1. The standard InChI is InChI=1S/C19H23N5O2/c1-19(2)8-14-18(16(25)9-19)17(13-4-3-6-22-24-13)12(10-21)15(23-14)11-26-7-5-20/h3-4,6,17-18H,5,7-9,11,20H2,1-2H3. The van der Waals surface area contributed by atoms with Crippen LogP contribution in [0.4, 0.5) is 0 Å². The van der Waals surface area contributed by atoms with Crippen molar-refractivity contribution in [2.45, 2.75) is 32.6 Å². The minimum atomic E-state index is -0.457. The molecule has 2 atom stereocenters. The third kappa shape index (κ3) is 3.57. The maximum Gasteiger partial charge on any atom is 0.143 e. The van der Waals surface area contributed by atoms with Gasteiger partial charge in [-0.15, -0.1) is 0 Å². The fourth-order valence-corrected chi connectivity index (χ4v) is 3.79. The smallest absolute Gasteiger partial charge is 0.143 e. The van der Waals surface area contributed by atoms with E-state index in [-0.39, 0.29) is 17.8 Å². The maximum atomic E-state index is 12.9. The Hall–Kier alpha value is -2.43. The average Bonchev–Trinajstić information content (AvgIpc) is 2.60. The number of ketones is 1. The first-order valence-electron chi connectivity index (χ1n) is 8.75.